The molecule has 1 aliphatic carbocycles. The van der Waals surface area contributed by atoms with E-state index in [-0.39, 0.29) is 18.1 Å². The maximum absolute atomic E-state index is 13.6. The van der Waals surface area contributed by atoms with E-state index in [1.165, 1.54) is 10.7 Å². The lowest BCUT2D eigenvalue weighted by Crippen LogP contribution is -2.11. The molecule has 0 unspecified atom stereocenters. The molecule has 1 N–H and O–H groups in total. The Labute approximate surface area is 109 Å². The van der Waals surface area contributed by atoms with Crippen LogP contribution in [0.2, 0.25) is 0 Å². The molecule has 0 bridgehead atoms. The smallest absolute Gasteiger partial charge is 0.354 e. The van der Waals surface area contributed by atoms with Gasteiger partial charge >= 0.3 is 5.97 Å². The fourth-order valence-corrected chi connectivity index (χ4v) is 2.10. The van der Waals surface area contributed by atoms with Gasteiger partial charge in [-0.25, -0.2) is 9.18 Å². The van der Waals surface area contributed by atoms with Crippen molar-refractivity contribution in [3.63, 3.8) is 0 Å². The second-order valence-corrected chi connectivity index (χ2v) is 4.78. The highest BCUT2D eigenvalue weighted by atomic mass is 19.1. The van der Waals surface area contributed by atoms with Crippen LogP contribution in [0.15, 0.2) is 30.3 Å². The SMILES string of the molecule is O=C(O)c1cc(C2CC2)nn1Cc1ccccc1F. The van der Waals surface area contributed by atoms with Gasteiger partial charge in [-0.15, -0.1) is 0 Å². The van der Waals surface area contributed by atoms with E-state index in [2.05, 4.69) is 5.10 Å². The Bertz CT molecular complexity index is 632. The second-order valence-electron chi connectivity index (χ2n) is 4.78. The average molecular weight is 260 g/mol. The summed E-state index contributed by atoms with van der Waals surface area (Å²) in [5.41, 5.74) is 1.36. The van der Waals surface area contributed by atoms with Gasteiger partial charge in [0.05, 0.1) is 12.2 Å². The van der Waals surface area contributed by atoms with Gasteiger partial charge in [0.25, 0.3) is 0 Å². The summed E-state index contributed by atoms with van der Waals surface area (Å²) in [6.45, 7) is 0.140. The Balaban J connectivity index is 1.95. The molecule has 1 aromatic heterocycles. The van der Waals surface area contributed by atoms with Gasteiger partial charge in [-0.3, -0.25) is 4.68 Å². The van der Waals surface area contributed by atoms with E-state index in [0.29, 0.717) is 11.5 Å². The minimum absolute atomic E-state index is 0.116. The molecule has 1 heterocycles. The molecule has 5 heteroatoms. The number of hydrogen-bond acceptors (Lipinski definition) is 2. The quantitative estimate of drug-likeness (QED) is 0.919. The second kappa shape index (κ2) is 4.50. The van der Waals surface area contributed by atoms with Crippen LogP contribution in [0.25, 0.3) is 0 Å². The maximum Gasteiger partial charge on any atom is 0.354 e. The van der Waals surface area contributed by atoms with Gasteiger partial charge in [-0.1, -0.05) is 18.2 Å². The van der Waals surface area contributed by atoms with E-state index in [1.54, 1.807) is 24.3 Å². The first-order chi connectivity index (χ1) is 9.15. The lowest BCUT2D eigenvalue weighted by atomic mass is 10.2. The molecule has 3 rings (SSSR count). The summed E-state index contributed by atoms with van der Waals surface area (Å²) >= 11 is 0. The van der Waals surface area contributed by atoms with Crippen LogP contribution in [0.4, 0.5) is 4.39 Å². The van der Waals surface area contributed by atoms with Crippen LogP contribution in [-0.4, -0.2) is 20.9 Å². The molecule has 0 amide bonds. The molecule has 19 heavy (non-hydrogen) atoms. The number of nitrogens with zero attached hydrogens (tertiary/aromatic N) is 2. The normalized spacial score (nSPS) is 14.6. The lowest BCUT2D eigenvalue weighted by molar-refractivity contribution is 0.0684. The van der Waals surface area contributed by atoms with Crippen molar-refractivity contribution in [1.29, 1.82) is 0 Å². The molecule has 0 saturated heterocycles. The molecule has 1 aliphatic rings. The van der Waals surface area contributed by atoms with Gasteiger partial charge in [-0.2, -0.15) is 5.10 Å². The summed E-state index contributed by atoms with van der Waals surface area (Å²) in [5.74, 6) is -1.00. The molecule has 0 radical (unpaired) electrons. The standard InChI is InChI=1S/C14H13FN2O2/c15-11-4-2-1-3-10(11)8-17-13(14(18)19)7-12(16-17)9-5-6-9/h1-4,7,9H,5-6,8H2,(H,18,19). The van der Waals surface area contributed by atoms with Crippen LogP contribution in [-0.2, 0) is 6.54 Å². The van der Waals surface area contributed by atoms with Crippen molar-refractivity contribution < 1.29 is 14.3 Å². The van der Waals surface area contributed by atoms with E-state index < -0.39 is 5.97 Å². The number of hydrogen-bond donors (Lipinski definition) is 1. The van der Waals surface area contributed by atoms with E-state index >= 15 is 0 Å². The van der Waals surface area contributed by atoms with Crippen molar-refractivity contribution >= 4 is 5.97 Å². The van der Waals surface area contributed by atoms with Crippen LogP contribution < -0.4 is 0 Å². The Morgan fingerprint density at radius 2 is 2.16 bits per heavy atom. The van der Waals surface area contributed by atoms with Crippen molar-refractivity contribution in [1.82, 2.24) is 9.78 Å². The minimum atomic E-state index is -1.03. The third-order valence-corrected chi connectivity index (χ3v) is 3.29. The summed E-state index contributed by atoms with van der Waals surface area (Å²) < 4.78 is 15.0. The number of aromatic nitrogens is 2. The molecule has 1 saturated carbocycles. The number of carboxylic acids is 1. The first-order valence-corrected chi connectivity index (χ1v) is 6.19. The third kappa shape index (κ3) is 2.36. The lowest BCUT2D eigenvalue weighted by Gasteiger charge is -2.05. The molecule has 2 aromatic rings. The third-order valence-electron chi connectivity index (χ3n) is 3.29. The van der Waals surface area contributed by atoms with Crippen LogP contribution in [0.3, 0.4) is 0 Å². The van der Waals surface area contributed by atoms with E-state index in [4.69, 9.17) is 0 Å². The summed E-state index contributed by atoms with van der Waals surface area (Å²) in [6.07, 6.45) is 2.10. The highest BCUT2D eigenvalue weighted by molar-refractivity contribution is 5.85. The van der Waals surface area contributed by atoms with E-state index in [9.17, 15) is 14.3 Å². The van der Waals surface area contributed by atoms with Gasteiger partial charge in [0.2, 0.25) is 0 Å². The molecule has 4 nitrogen and oxygen atoms in total. The summed E-state index contributed by atoms with van der Waals surface area (Å²) in [7, 11) is 0. The summed E-state index contributed by atoms with van der Waals surface area (Å²) in [6, 6.07) is 7.93. The largest absolute Gasteiger partial charge is 0.477 e. The van der Waals surface area contributed by atoms with Crippen molar-refractivity contribution in [3.05, 3.63) is 53.1 Å². The molecule has 1 aromatic carbocycles. The Morgan fingerprint density at radius 3 is 2.79 bits per heavy atom. The monoisotopic (exact) mass is 260 g/mol. The summed E-state index contributed by atoms with van der Waals surface area (Å²) in [5, 5.41) is 13.5. The topological polar surface area (TPSA) is 55.1 Å². The van der Waals surface area contributed by atoms with Crippen molar-refractivity contribution in [3.8, 4) is 0 Å². The van der Waals surface area contributed by atoms with Gasteiger partial charge in [0, 0.05) is 11.5 Å². The van der Waals surface area contributed by atoms with Gasteiger partial charge < -0.3 is 5.11 Å². The van der Waals surface area contributed by atoms with Crippen LogP contribution >= 0.6 is 0 Å². The highest BCUT2D eigenvalue weighted by Crippen LogP contribution is 2.39. The van der Waals surface area contributed by atoms with E-state index in [0.717, 1.165) is 18.5 Å². The van der Waals surface area contributed by atoms with E-state index in [1.807, 2.05) is 0 Å². The number of carboxylic acid groups (broad SMARTS) is 1. The zero-order valence-corrected chi connectivity index (χ0v) is 10.2. The Kier molecular flexibility index (Phi) is 2.81. The number of benzene rings is 1. The predicted octanol–water partition coefficient (Wildman–Crippen LogP) is 2.65. The Morgan fingerprint density at radius 1 is 1.42 bits per heavy atom. The maximum atomic E-state index is 13.6. The van der Waals surface area contributed by atoms with Crippen LogP contribution in [0.5, 0.6) is 0 Å². The van der Waals surface area contributed by atoms with Crippen molar-refractivity contribution in [2.24, 2.45) is 0 Å². The number of carbonyl (C=O) groups is 1. The fourth-order valence-electron chi connectivity index (χ4n) is 2.10. The Hall–Kier alpha value is -2.17. The molecular formula is C14H13FN2O2. The number of rotatable bonds is 4. The zero-order valence-electron chi connectivity index (χ0n) is 10.2. The predicted molar refractivity (Wildman–Crippen MR) is 66.7 cm³/mol. The van der Waals surface area contributed by atoms with Gasteiger partial charge in [0.1, 0.15) is 11.5 Å². The number of halogens is 1. The first kappa shape index (κ1) is 11.9. The molecule has 98 valence electrons. The first-order valence-electron chi connectivity index (χ1n) is 6.19. The summed E-state index contributed by atoms with van der Waals surface area (Å²) in [4.78, 5) is 11.2. The van der Waals surface area contributed by atoms with Crippen molar-refractivity contribution in [2.45, 2.75) is 25.3 Å². The van der Waals surface area contributed by atoms with Gasteiger partial charge in [0.15, 0.2) is 0 Å². The fraction of sp³-hybridized carbons (Fsp3) is 0.286. The average Bonchev–Trinajstić information content (AvgIpc) is 3.14. The molecule has 0 aliphatic heterocycles. The number of aromatic carboxylic acids is 1. The van der Waals surface area contributed by atoms with Gasteiger partial charge in [-0.05, 0) is 25.0 Å². The van der Waals surface area contributed by atoms with Crippen LogP contribution in [0, 0.1) is 5.82 Å². The molecular weight excluding hydrogens is 247 g/mol. The molecule has 1 fully saturated rings. The molecule has 0 atom stereocenters. The minimum Gasteiger partial charge on any atom is -0.477 e. The zero-order chi connectivity index (χ0) is 13.4. The van der Waals surface area contributed by atoms with Crippen molar-refractivity contribution in [2.75, 3.05) is 0 Å². The highest BCUT2D eigenvalue weighted by Gasteiger charge is 2.28. The molecule has 0 spiro atoms. The van der Waals surface area contributed by atoms with Crippen LogP contribution in [0.1, 0.15) is 40.5 Å².